The Morgan fingerprint density at radius 2 is 2.05 bits per heavy atom. The van der Waals surface area contributed by atoms with Gasteiger partial charge in [-0.2, -0.15) is 0 Å². The van der Waals surface area contributed by atoms with Crippen LogP contribution in [-0.4, -0.2) is 42.7 Å². The van der Waals surface area contributed by atoms with E-state index >= 15 is 0 Å². The van der Waals surface area contributed by atoms with Crippen LogP contribution in [0.2, 0.25) is 5.02 Å². The molecule has 0 N–H and O–H groups in total. The summed E-state index contributed by atoms with van der Waals surface area (Å²) in [5.74, 6) is 0.512. The first-order valence-corrected chi connectivity index (χ1v) is 8.05. The van der Waals surface area contributed by atoms with E-state index in [9.17, 15) is 4.79 Å². The molecule has 0 aromatic heterocycles. The van der Waals surface area contributed by atoms with Gasteiger partial charge >= 0.3 is 0 Å². The Hall–Kier alpha value is -0.780. The fourth-order valence-electron chi connectivity index (χ4n) is 2.48. The molecule has 0 radical (unpaired) electrons. The van der Waals surface area contributed by atoms with Crippen LogP contribution in [0, 0.1) is 6.92 Å². The molecule has 1 aliphatic rings. The summed E-state index contributed by atoms with van der Waals surface area (Å²) < 4.78 is 12.1. The molecule has 2 rings (SSSR count). The van der Waals surface area contributed by atoms with Crippen LogP contribution in [0.3, 0.4) is 0 Å². The van der Waals surface area contributed by atoms with Gasteiger partial charge < -0.3 is 14.4 Å². The zero-order valence-corrected chi connectivity index (χ0v) is 14.7. The van der Waals surface area contributed by atoms with Crippen molar-refractivity contribution in [1.29, 1.82) is 0 Å². The van der Waals surface area contributed by atoms with E-state index in [-0.39, 0.29) is 24.7 Å². The average Bonchev–Trinajstić information content (AvgIpc) is 2.35. The highest BCUT2D eigenvalue weighted by Crippen LogP contribution is 2.32. The Bertz CT molecular complexity index is 505. The van der Waals surface area contributed by atoms with Crippen molar-refractivity contribution in [2.45, 2.75) is 33.0 Å². The van der Waals surface area contributed by atoms with Crippen molar-refractivity contribution in [2.75, 3.05) is 19.7 Å². The van der Waals surface area contributed by atoms with Crippen molar-refractivity contribution >= 4 is 33.4 Å². The lowest BCUT2D eigenvalue weighted by Crippen LogP contribution is -2.49. The number of carbonyl (C=O) groups excluding carboxylic acids is 1. The van der Waals surface area contributed by atoms with Gasteiger partial charge in [0.05, 0.1) is 17.2 Å². The zero-order valence-electron chi connectivity index (χ0n) is 12.4. The highest BCUT2D eigenvalue weighted by Gasteiger charge is 2.26. The minimum atomic E-state index is -0.0459. The standard InChI is InChI=1S/C15H19BrClNO3/c1-9-4-12(16)5-13(17)15(9)20-8-14(19)18-6-10(2)21-11(3)7-18/h4-5,10-11H,6-8H2,1-3H3/t10-,11+. The van der Waals surface area contributed by atoms with E-state index in [1.807, 2.05) is 26.8 Å². The summed E-state index contributed by atoms with van der Waals surface area (Å²) in [5, 5.41) is 0.499. The van der Waals surface area contributed by atoms with Crippen LogP contribution in [0.1, 0.15) is 19.4 Å². The van der Waals surface area contributed by atoms with Crippen LogP contribution in [0.5, 0.6) is 5.75 Å². The van der Waals surface area contributed by atoms with Gasteiger partial charge in [0, 0.05) is 17.6 Å². The number of aryl methyl sites for hydroxylation is 1. The fraction of sp³-hybridized carbons (Fsp3) is 0.533. The second kappa shape index (κ2) is 6.99. The van der Waals surface area contributed by atoms with E-state index in [2.05, 4.69) is 15.9 Å². The van der Waals surface area contributed by atoms with Gasteiger partial charge in [0.2, 0.25) is 0 Å². The second-order valence-corrected chi connectivity index (χ2v) is 6.70. The highest BCUT2D eigenvalue weighted by atomic mass is 79.9. The molecular weight excluding hydrogens is 358 g/mol. The third kappa shape index (κ3) is 4.34. The average molecular weight is 377 g/mol. The molecule has 0 spiro atoms. The number of hydrogen-bond acceptors (Lipinski definition) is 3. The van der Waals surface area contributed by atoms with Gasteiger partial charge in [0.1, 0.15) is 5.75 Å². The summed E-state index contributed by atoms with van der Waals surface area (Å²) in [4.78, 5) is 14.0. The van der Waals surface area contributed by atoms with Crippen molar-refractivity contribution in [3.05, 3.63) is 27.2 Å². The van der Waals surface area contributed by atoms with Crippen LogP contribution in [0.25, 0.3) is 0 Å². The number of rotatable bonds is 3. The number of morpholine rings is 1. The predicted molar refractivity (Wildman–Crippen MR) is 86.0 cm³/mol. The quantitative estimate of drug-likeness (QED) is 0.811. The van der Waals surface area contributed by atoms with Crippen LogP contribution < -0.4 is 4.74 Å². The summed E-state index contributed by atoms with van der Waals surface area (Å²) in [6, 6.07) is 3.66. The molecule has 0 unspecified atom stereocenters. The number of ether oxygens (including phenoxy) is 2. The van der Waals surface area contributed by atoms with Crippen LogP contribution >= 0.6 is 27.5 Å². The van der Waals surface area contributed by atoms with Crippen LogP contribution in [0.4, 0.5) is 0 Å². The first-order valence-electron chi connectivity index (χ1n) is 6.88. The Kier molecular flexibility index (Phi) is 5.52. The summed E-state index contributed by atoms with van der Waals surface area (Å²) >= 11 is 9.52. The Morgan fingerprint density at radius 3 is 2.62 bits per heavy atom. The van der Waals surface area contributed by atoms with E-state index in [4.69, 9.17) is 21.1 Å². The van der Waals surface area contributed by atoms with Gasteiger partial charge in [0.15, 0.2) is 6.61 Å². The van der Waals surface area contributed by atoms with Gasteiger partial charge in [-0.1, -0.05) is 27.5 Å². The van der Waals surface area contributed by atoms with Crippen molar-refractivity contribution in [2.24, 2.45) is 0 Å². The maximum atomic E-state index is 12.2. The lowest BCUT2D eigenvalue weighted by molar-refractivity contribution is -0.145. The maximum Gasteiger partial charge on any atom is 0.260 e. The van der Waals surface area contributed by atoms with Crippen molar-refractivity contribution in [1.82, 2.24) is 4.90 Å². The molecule has 21 heavy (non-hydrogen) atoms. The molecule has 1 heterocycles. The molecule has 6 heteroatoms. The van der Waals surface area contributed by atoms with E-state index in [1.54, 1.807) is 11.0 Å². The molecule has 0 aliphatic carbocycles. The maximum absolute atomic E-state index is 12.2. The lowest BCUT2D eigenvalue weighted by Gasteiger charge is -2.35. The van der Waals surface area contributed by atoms with Crippen LogP contribution in [-0.2, 0) is 9.53 Å². The molecule has 2 atom stereocenters. The van der Waals surface area contributed by atoms with Crippen LogP contribution in [0.15, 0.2) is 16.6 Å². The third-order valence-corrected chi connectivity index (χ3v) is 4.04. The highest BCUT2D eigenvalue weighted by molar-refractivity contribution is 9.10. The summed E-state index contributed by atoms with van der Waals surface area (Å²) in [5.41, 5.74) is 0.894. The molecule has 0 bridgehead atoms. The molecule has 1 aromatic rings. The van der Waals surface area contributed by atoms with E-state index in [0.717, 1.165) is 10.0 Å². The molecule has 1 aromatic carbocycles. The number of carbonyl (C=O) groups is 1. The van der Waals surface area contributed by atoms with Gasteiger partial charge in [-0.05, 0) is 38.5 Å². The first kappa shape index (κ1) is 16.6. The molecule has 116 valence electrons. The summed E-state index contributed by atoms with van der Waals surface area (Å²) in [6.07, 6.45) is 0.103. The normalized spacial score (nSPS) is 22.2. The number of amides is 1. The predicted octanol–water partition coefficient (Wildman–Crippen LogP) is 3.43. The summed E-state index contributed by atoms with van der Waals surface area (Å²) in [7, 11) is 0. The molecule has 4 nitrogen and oxygen atoms in total. The molecule has 0 saturated carbocycles. The molecule has 1 aliphatic heterocycles. The summed E-state index contributed by atoms with van der Waals surface area (Å²) in [6.45, 7) is 7.01. The smallest absolute Gasteiger partial charge is 0.260 e. The minimum absolute atomic E-state index is 0.0123. The Labute approximate surface area is 138 Å². The number of halogens is 2. The third-order valence-electron chi connectivity index (χ3n) is 3.31. The largest absolute Gasteiger partial charge is 0.482 e. The lowest BCUT2D eigenvalue weighted by atomic mass is 10.2. The van der Waals surface area contributed by atoms with Crippen molar-refractivity contribution < 1.29 is 14.3 Å². The fourth-order valence-corrected chi connectivity index (χ4v) is 3.50. The van der Waals surface area contributed by atoms with Crippen molar-refractivity contribution in [3.8, 4) is 5.75 Å². The number of nitrogens with zero attached hydrogens (tertiary/aromatic N) is 1. The van der Waals surface area contributed by atoms with Gasteiger partial charge in [0.25, 0.3) is 5.91 Å². The monoisotopic (exact) mass is 375 g/mol. The van der Waals surface area contributed by atoms with E-state index in [1.165, 1.54) is 0 Å². The first-order chi connectivity index (χ1) is 9.86. The van der Waals surface area contributed by atoms with Crippen molar-refractivity contribution in [3.63, 3.8) is 0 Å². The van der Waals surface area contributed by atoms with Gasteiger partial charge in [-0.3, -0.25) is 4.79 Å². The second-order valence-electron chi connectivity index (χ2n) is 5.38. The van der Waals surface area contributed by atoms with E-state index < -0.39 is 0 Å². The van der Waals surface area contributed by atoms with Gasteiger partial charge in [-0.15, -0.1) is 0 Å². The number of benzene rings is 1. The topological polar surface area (TPSA) is 38.8 Å². The Morgan fingerprint density at radius 1 is 1.43 bits per heavy atom. The number of hydrogen-bond donors (Lipinski definition) is 0. The molecular formula is C15H19BrClNO3. The minimum Gasteiger partial charge on any atom is -0.482 e. The molecule has 1 amide bonds. The SMILES string of the molecule is Cc1cc(Br)cc(Cl)c1OCC(=O)N1C[C@@H](C)O[C@@H](C)C1. The molecule has 1 fully saturated rings. The van der Waals surface area contributed by atoms with Gasteiger partial charge in [-0.25, -0.2) is 0 Å². The zero-order chi connectivity index (χ0) is 15.6. The Balaban J connectivity index is 1.98. The van der Waals surface area contributed by atoms with E-state index in [0.29, 0.717) is 23.9 Å². The molecule has 1 saturated heterocycles.